The minimum Gasteiger partial charge on any atom is -0.441 e. The Hall–Kier alpha value is -2.37. The van der Waals surface area contributed by atoms with Crippen molar-refractivity contribution < 1.29 is 13.6 Å². The summed E-state index contributed by atoms with van der Waals surface area (Å²) in [5.74, 6) is 0.515. The van der Waals surface area contributed by atoms with Gasteiger partial charge in [0.15, 0.2) is 11.7 Å². The van der Waals surface area contributed by atoms with Crippen LogP contribution < -0.4 is 5.32 Å². The molecule has 1 N–H and O–H groups in total. The average Bonchev–Trinajstić information content (AvgIpc) is 3.09. The highest BCUT2D eigenvalue weighted by atomic mass is 35.5. The van der Waals surface area contributed by atoms with Gasteiger partial charge in [-0.25, -0.2) is 9.37 Å². The van der Waals surface area contributed by atoms with Crippen molar-refractivity contribution in [2.75, 3.05) is 0 Å². The minimum atomic E-state index is -0.308. The maximum absolute atomic E-state index is 13.0. The molecule has 7 heteroatoms. The van der Waals surface area contributed by atoms with Gasteiger partial charge >= 0.3 is 0 Å². The van der Waals surface area contributed by atoms with Gasteiger partial charge in [0.1, 0.15) is 5.82 Å². The molecule has 0 spiro atoms. The predicted octanol–water partition coefficient (Wildman–Crippen LogP) is 5.60. The van der Waals surface area contributed by atoms with Crippen LogP contribution in [0.4, 0.5) is 4.39 Å². The molecule has 0 aliphatic rings. The summed E-state index contributed by atoms with van der Waals surface area (Å²) < 4.78 is 18.7. The molecule has 0 aliphatic heterocycles. The van der Waals surface area contributed by atoms with E-state index in [9.17, 15) is 9.18 Å². The van der Waals surface area contributed by atoms with E-state index >= 15 is 0 Å². The Labute approximate surface area is 166 Å². The van der Waals surface area contributed by atoms with E-state index in [0.29, 0.717) is 33.7 Å². The molecule has 3 rings (SSSR count). The van der Waals surface area contributed by atoms with Gasteiger partial charge in [-0.05, 0) is 42.8 Å². The highest BCUT2D eigenvalue weighted by Gasteiger charge is 2.13. The third-order valence-electron chi connectivity index (χ3n) is 4.06. The summed E-state index contributed by atoms with van der Waals surface area (Å²) in [5, 5.41) is 3.88. The van der Waals surface area contributed by atoms with Crippen molar-refractivity contribution in [3.63, 3.8) is 0 Å². The molecule has 4 nitrogen and oxygen atoms in total. The number of carbonyl (C=O) groups is 1. The number of nitrogens with one attached hydrogen (secondary N) is 1. The number of hydrogen-bond acceptors (Lipinski definition) is 3. The van der Waals surface area contributed by atoms with Crippen molar-refractivity contribution in [1.29, 1.82) is 0 Å². The normalized spacial score (nSPS) is 12.0. The van der Waals surface area contributed by atoms with Crippen molar-refractivity contribution in [3.8, 4) is 11.3 Å². The third-order valence-corrected chi connectivity index (χ3v) is 4.61. The number of amides is 1. The topological polar surface area (TPSA) is 55.1 Å². The number of nitrogens with zero attached hydrogens (tertiary/aromatic N) is 1. The predicted molar refractivity (Wildman–Crippen MR) is 103 cm³/mol. The highest BCUT2D eigenvalue weighted by Crippen LogP contribution is 2.30. The second-order valence-electron chi connectivity index (χ2n) is 6.08. The van der Waals surface area contributed by atoms with Crippen LogP contribution in [0.15, 0.2) is 53.1 Å². The van der Waals surface area contributed by atoms with Crippen LogP contribution in [-0.2, 0) is 11.2 Å². The Morgan fingerprint density at radius 1 is 1.22 bits per heavy atom. The fraction of sp³-hybridized carbons (Fsp3) is 0.200. The monoisotopic (exact) mass is 406 g/mol. The maximum atomic E-state index is 13.0. The first-order valence-electron chi connectivity index (χ1n) is 8.37. The number of aromatic nitrogens is 1. The fourth-order valence-corrected chi connectivity index (χ4v) is 3.11. The van der Waals surface area contributed by atoms with Gasteiger partial charge in [0, 0.05) is 23.4 Å². The highest BCUT2D eigenvalue weighted by molar-refractivity contribution is 6.36. The lowest BCUT2D eigenvalue weighted by atomic mass is 10.1. The molecule has 0 bridgehead atoms. The van der Waals surface area contributed by atoms with E-state index in [-0.39, 0.29) is 24.2 Å². The van der Waals surface area contributed by atoms with Crippen molar-refractivity contribution in [2.24, 2.45) is 0 Å². The molecular weight excluding hydrogens is 390 g/mol. The lowest BCUT2D eigenvalue weighted by Gasteiger charge is -2.14. The SMILES string of the molecule is CC(NC(=O)CCc1ncc(-c2ccc(Cl)cc2Cl)o1)c1ccc(F)cc1. The van der Waals surface area contributed by atoms with Crippen LogP contribution in [0.5, 0.6) is 0 Å². The van der Waals surface area contributed by atoms with Crippen molar-refractivity contribution in [1.82, 2.24) is 10.3 Å². The van der Waals surface area contributed by atoms with Gasteiger partial charge in [-0.2, -0.15) is 0 Å². The average molecular weight is 407 g/mol. The van der Waals surface area contributed by atoms with Gasteiger partial charge < -0.3 is 9.73 Å². The van der Waals surface area contributed by atoms with Gasteiger partial charge in [0.25, 0.3) is 0 Å². The zero-order valence-electron chi connectivity index (χ0n) is 14.5. The molecule has 0 saturated heterocycles. The second-order valence-corrected chi connectivity index (χ2v) is 6.93. The van der Waals surface area contributed by atoms with E-state index in [4.69, 9.17) is 27.6 Å². The van der Waals surface area contributed by atoms with Crippen LogP contribution >= 0.6 is 23.2 Å². The molecule has 0 saturated carbocycles. The van der Waals surface area contributed by atoms with Crippen LogP contribution in [-0.4, -0.2) is 10.9 Å². The quantitative estimate of drug-likeness (QED) is 0.579. The summed E-state index contributed by atoms with van der Waals surface area (Å²) in [6.07, 6.45) is 2.15. The van der Waals surface area contributed by atoms with Gasteiger partial charge in [0.2, 0.25) is 5.91 Å². The first kappa shape index (κ1) is 19.4. The molecule has 0 aliphatic carbocycles. The summed E-state index contributed by atoms with van der Waals surface area (Å²) in [6.45, 7) is 1.84. The first-order chi connectivity index (χ1) is 12.9. The number of benzene rings is 2. The molecule has 0 radical (unpaired) electrons. The number of halogens is 3. The summed E-state index contributed by atoms with van der Waals surface area (Å²) in [7, 11) is 0. The van der Waals surface area contributed by atoms with E-state index < -0.39 is 0 Å². The molecule has 1 atom stereocenters. The Kier molecular flexibility index (Phi) is 6.14. The molecule has 0 fully saturated rings. The number of aryl methyl sites for hydroxylation is 1. The molecule has 27 heavy (non-hydrogen) atoms. The van der Waals surface area contributed by atoms with E-state index in [2.05, 4.69) is 10.3 Å². The molecule has 1 aromatic heterocycles. The standard InChI is InChI=1S/C20H17Cl2FN2O2/c1-12(13-2-5-15(23)6-3-13)25-19(26)8-9-20-24-11-18(27-20)16-7-4-14(21)10-17(16)22/h2-7,10-12H,8-9H2,1H3,(H,25,26). The lowest BCUT2D eigenvalue weighted by Crippen LogP contribution is -2.26. The molecular formula is C20H17Cl2FN2O2. The summed E-state index contributed by atoms with van der Waals surface area (Å²) >= 11 is 12.1. The minimum absolute atomic E-state index is 0.142. The Bertz CT molecular complexity index is 941. The number of hydrogen-bond donors (Lipinski definition) is 1. The van der Waals surface area contributed by atoms with Crippen molar-refractivity contribution in [3.05, 3.63) is 76.0 Å². The van der Waals surface area contributed by atoms with Crippen molar-refractivity contribution >= 4 is 29.1 Å². The number of oxazole rings is 1. The molecule has 140 valence electrons. The third kappa shape index (κ3) is 5.08. The molecule has 1 heterocycles. The summed E-state index contributed by atoms with van der Waals surface area (Å²) in [4.78, 5) is 16.3. The van der Waals surface area contributed by atoms with E-state index in [1.165, 1.54) is 12.1 Å². The van der Waals surface area contributed by atoms with Crippen molar-refractivity contribution in [2.45, 2.75) is 25.8 Å². The Morgan fingerprint density at radius 2 is 1.96 bits per heavy atom. The molecule has 1 amide bonds. The van der Waals surface area contributed by atoms with Crippen LogP contribution in [0.1, 0.15) is 30.8 Å². The Morgan fingerprint density at radius 3 is 2.67 bits per heavy atom. The van der Waals surface area contributed by atoms with Gasteiger partial charge in [-0.3, -0.25) is 4.79 Å². The summed E-state index contributed by atoms with van der Waals surface area (Å²) in [6, 6.07) is 10.9. The van der Waals surface area contributed by atoms with Crippen LogP contribution in [0.2, 0.25) is 10.0 Å². The van der Waals surface area contributed by atoms with Crippen LogP contribution in [0.25, 0.3) is 11.3 Å². The first-order valence-corrected chi connectivity index (χ1v) is 9.13. The number of carbonyl (C=O) groups excluding carboxylic acids is 1. The van der Waals surface area contributed by atoms with Crippen LogP contribution in [0.3, 0.4) is 0 Å². The summed E-state index contributed by atoms with van der Waals surface area (Å²) in [5.41, 5.74) is 1.52. The fourth-order valence-electron chi connectivity index (χ4n) is 2.61. The lowest BCUT2D eigenvalue weighted by molar-refractivity contribution is -0.121. The largest absolute Gasteiger partial charge is 0.441 e. The van der Waals surface area contributed by atoms with Crippen LogP contribution in [0, 0.1) is 5.82 Å². The van der Waals surface area contributed by atoms with Gasteiger partial charge in [-0.1, -0.05) is 35.3 Å². The van der Waals surface area contributed by atoms with Gasteiger partial charge in [0.05, 0.1) is 17.3 Å². The van der Waals surface area contributed by atoms with E-state index in [0.717, 1.165) is 5.56 Å². The van der Waals surface area contributed by atoms with E-state index in [1.807, 2.05) is 6.92 Å². The zero-order chi connectivity index (χ0) is 19.4. The molecule has 2 aromatic carbocycles. The Balaban J connectivity index is 1.56. The van der Waals surface area contributed by atoms with E-state index in [1.54, 1.807) is 36.5 Å². The smallest absolute Gasteiger partial charge is 0.220 e. The molecule has 1 unspecified atom stereocenters. The maximum Gasteiger partial charge on any atom is 0.220 e. The second kappa shape index (κ2) is 8.55. The zero-order valence-corrected chi connectivity index (χ0v) is 16.0. The van der Waals surface area contributed by atoms with Gasteiger partial charge in [-0.15, -0.1) is 0 Å². The molecule has 3 aromatic rings. The number of rotatable bonds is 6.